The highest BCUT2D eigenvalue weighted by molar-refractivity contribution is 7.22. The third-order valence-electron chi connectivity index (χ3n) is 5.33. The maximum atomic E-state index is 12.9. The number of anilines is 1. The van der Waals surface area contributed by atoms with Crippen LogP contribution in [0.5, 0.6) is 5.75 Å². The van der Waals surface area contributed by atoms with E-state index in [1.807, 2.05) is 6.07 Å². The number of hydrogen-bond acceptors (Lipinski definition) is 5. The number of halogens is 1. The van der Waals surface area contributed by atoms with Gasteiger partial charge in [0.15, 0.2) is 5.13 Å². The maximum absolute atomic E-state index is 12.9. The molecule has 0 radical (unpaired) electrons. The number of likely N-dealkylation sites (tertiary alicyclic amines) is 1. The standard InChI is InChI=1S/C22H26FN3OS/c1-25(22-24-20-6-2-3-7-21(20)28-22)18-12-14-26(16-18)13-4-5-15-27-19-10-8-17(23)9-11-19/h2-3,6-11,18H,4-5,12-16H2,1H3. The molecule has 4 rings (SSSR count). The lowest BCUT2D eigenvalue weighted by Crippen LogP contribution is -2.34. The van der Waals surface area contributed by atoms with Crippen molar-refractivity contribution in [1.82, 2.24) is 9.88 Å². The summed E-state index contributed by atoms with van der Waals surface area (Å²) in [6, 6.07) is 15.1. The zero-order valence-electron chi connectivity index (χ0n) is 16.2. The van der Waals surface area contributed by atoms with E-state index < -0.39 is 0 Å². The predicted molar refractivity (Wildman–Crippen MR) is 114 cm³/mol. The molecule has 28 heavy (non-hydrogen) atoms. The second-order valence-corrected chi connectivity index (χ2v) is 8.34. The molecule has 4 nitrogen and oxygen atoms in total. The van der Waals surface area contributed by atoms with Crippen LogP contribution in [0, 0.1) is 5.82 Å². The van der Waals surface area contributed by atoms with Gasteiger partial charge in [0, 0.05) is 26.2 Å². The number of para-hydroxylation sites is 1. The molecule has 1 atom stereocenters. The van der Waals surface area contributed by atoms with Crippen LogP contribution < -0.4 is 9.64 Å². The molecule has 0 N–H and O–H groups in total. The van der Waals surface area contributed by atoms with Crippen molar-refractivity contribution in [1.29, 1.82) is 0 Å². The minimum absolute atomic E-state index is 0.230. The molecule has 1 fully saturated rings. The molecule has 0 saturated carbocycles. The van der Waals surface area contributed by atoms with Gasteiger partial charge in [-0.05, 0) is 62.2 Å². The number of thiazole rings is 1. The summed E-state index contributed by atoms with van der Waals surface area (Å²) >= 11 is 1.77. The molecule has 1 unspecified atom stereocenters. The number of fused-ring (bicyclic) bond motifs is 1. The van der Waals surface area contributed by atoms with Gasteiger partial charge in [0.25, 0.3) is 0 Å². The number of likely N-dealkylation sites (N-methyl/N-ethyl adjacent to an activating group) is 1. The van der Waals surface area contributed by atoms with Gasteiger partial charge in [-0.2, -0.15) is 0 Å². The van der Waals surface area contributed by atoms with Crippen LogP contribution >= 0.6 is 11.3 Å². The Labute approximate surface area is 169 Å². The number of unbranched alkanes of at least 4 members (excludes halogenated alkanes) is 1. The summed E-state index contributed by atoms with van der Waals surface area (Å²) in [6.07, 6.45) is 3.30. The van der Waals surface area contributed by atoms with Crippen LogP contribution in [0.2, 0.25) is 0 Å². The molecule has 6 heteroatoms. The zero-order valence-corrected chi connectivity index (χ0v) is 17.0. The summed E-state index contributed by atoms with van der Waals surface area (Å²) in [5.74, 6) is 0.506. The number of hydrogen-bond donors (Lipinski definition) is 0. The molecule has 0 spiro atoms. The molecule has 2 heterocycles. The lowest BCUT2D eigenvalue weighted by Gasteiger charge is -2.24. The Morgan fingerprint density at radius 1 is 1.18 bits per heavy atom. The first-order valence-corrected chi connectivity index (χ1v) is 10.7. The fraction of sp³-hybridized carbons (Fsp3) is 0.409. The molecule has 0 bridgehead atoms. The average Bonchev–Trinajstić information content (AvgIpc) is 3.35. The van der Waals surface area contributed by atoms with E-state index in [9.17, 15) is 4.39 Å². The fourth-order valence-corrected chi connectivity index (χ4v) is 4.66. The van der Waals surface area contributed by atoms with E-state index in [-0.39, 0.29) is 5.82 Å². The van der Waals surface area contributed by atoms with Gasteiger partial charge in [-0.3, -0.25) is 0 Å². The topological polar surface area (TPSA) is 28.6 Å². The van der Waals surface area contributed by atoms with Crippen molar-refractivity contribution < 1.29 is 9.13 Å². The van der Waals surface area contributed by atoms with Crippen LogP contribution in [-0.2, 0) is 0 Å². The van der Waals surface area contributed by atoms with Gasteiger partial charge < -0.3 is 14.5 Å². The summed E-state index contributed by atoms with van der Waals surface area (Å²) < 4.78 is 19.8. The van der Waals surface area contributed by atoms with Crippen molar-refractivity contribution in [2.75, 3.05) is 38.2 Å². The van der Waals surface area contributed by atoms with Crippen molar-refractivity contribution in [2.24, 2.45) is 0 Å². The van der Waals surface area contributed by atoms with E-state index >= 15 is 0 Å². The van der Waals surface area contributed by atoms with Crippen molar-refractivity contribution in [3.8, 4) is 5.75 Å². The zero-order chi connectivity index (χ0) is 19.3. The first kappa shape index (κ1) is 19.2. The molecule has 3 aromatic rings. The Balaban J connectivity index is 1.19. The normalized spacial score (nSPS) is 17.3. The highest BCUT2D eigenvalue weighted by Gasteiger charge is 2.27. The van der Waals surface area contributed by atoms with Crippen molar-refractivity contribution in [2.45, 2.75) is 25.3 Å². The molecular formula is C22H26FN3OS. The Bertz CT molecular complexity index is 865. The second kappa shape index (κ2) is 8.88. The molecule has 0 amide bonds. The summed E-state index contributed by atoms with van der Waals surface area (Å²) in [6.45, 7) is 4.00. The van der Waals surface area contributed by atoms with E-state index in [2.05, 4.69) is 35.0 Å². The third kappa shape index (κ3) is 4.62. The van der Waals surface area contributed by atoms with Gasteiger partial charge in [-0.1, -0.05) is 23.5 Å². The Morgan fingerprint density at radius 2 is 2.00 bits per heavy atom. The van der Waals surface area contributed by atoms with Crippen LogP contribution in [-0.4, -0.2) is 49.2 Å². The van der Waals surface area contributed by atoms with Gasteiger partial charge in [-0.25, -0.2) is 9.37 Å². The third-order valence-corrected chi connectivity index (χ3v) is 6.46. The van der Waals surface area contributed by atoms with Crippen molar-refractivity contribution in [3.63, 3.8) is 0 Å². The SMILES string of the molecule is CN(c1nc2ccccc2s1)C1CCN(CCCCOc2ccc(F)cc2)C1. The molecule has 1 aliphatic rings. The van der Waals surface area contributed by atoms with Gasteiger partial charge in [0.05, 0.1) is 16.8 Å². The highest BCUT2D eigenvalue weighted by atomic mass is 32.1. The van der Waals surface area contributed by atoms with Crippen molar-refractivity contribution >= 4 is 26.7 Å². The molecule has 1 saturated heterocycles. The minimum Gasteiger partial charge on any atom is -0.494 e. The van der Waals surface area contributed by atoms with Gasteiger partial charge in [0.2, 0.25) is 0 Å². The van der Waals surface area contributed by atoms with Crippen LogP contribution in [0.15, 0.2) is 48.5 Å². The van der Waals surface area contributed by atoms with Crippen molar-refractivity contribution in [3.05, 3.63) is 54.3 Å². The van der Waals surface area contributed by atoms with E-state index in [1.54, 1.807) is 23.5 Å². The smallest absolute Gasteiger partial charge is 0.186 e. The van der Waals surface area contributed by atoms with Gasteiger partial charge >= 0.3 is 0 Å². The number of aromatic nitrogens is 1. The Morgan fingerprint density at radius 3 is 2.82 bits per heavy atom. The number of ether oxygens (including phenoxy) is 1. The first-order valence-electron chi connectivity index (χ1n) is 9.88. The number of benzene rings is 2. The summed E-state index contributed by atoms with van der Waals surface area (Å²) in [5, 5.41) is 1.11. The second-order valence-electron chi connectivity index (χ2n) is 7.33. The van der Waals surface area contributed by atoms with Crippen LogP contribution in [0.3, 0.4) is 0 Å². The van der Waals surface area contributed by atoms with Gasteiger partial charge in [0.1, 0.15) is 11.6 Å². The predicted octanol–water partition coefficient (Wildman–Crippen LogP) is 4.81. The Hall–Kier alpha value is -2.18. The van der Waals surface area contributed by atoms with Crippen LogP contribution in [0.4, 0.5) is 9.52 Å². The summed E-state index contributed by atoms with van der Waals surface area (Å²) in [4.78, 5) is 9.67. The molecule has 1 aliphatic heterocycles. The highest BCUT2D eigenvalue weighted by Crippen LogP contribution is 2.30. The maximum Gasteiger partial charge on any atom is 0.186 e. The number of rotatable bonds is 8. The molecule has 1 aromatic heterocycles. The fourth-order valence-electron chi connectivity index (χ4n) is 3.66. The Kier molecular flexibility index (Phi) is 6.07. The molecule has 2 aromatic carbocycles. The van der Waals surface area contributed by atoms with Crippen LogP contribution in [0.25, 0.3) is 10.2 Å². The van der Waals surface area contributed by atoms with E-state index in [0.29, 0.717) is 12.6 Å². The summed E-state index contributed by atoms with van der Waals surface area (Å²) in [7, 11) is 2.17. The lowest BCUT2D eigenvalue weighted by molar-refractivity contribution is 0.278. The summed E-state index contributed by atoms with van der Waals surface area (Å²) in [5.41, 5.74) is 1.09. The minimum atomic E-state index is -0.230. The average molecular weight is 400 g/mol. The molecule has 0 aliphatic carbocycles. The van der Waals surface area contributed by atoms with E-state index in [1.165, 1.54) is 23.3 Å². The largest absolute Gasteiger partial charge is 0.494 e. The number of nitrogens with zero attached hydrogens (tertiary/aromatic N) is 3. The molecule has 148 valence electrons. The monoisotopic (exact) mass is 399 g/mol. The van der Waals surface area contributed by atoms with Crippen LogP contribution in [0.1, 0.15) is 19.3 Å². The molecular weight excluding hydrogens is 373 g/mol. The van der Waals surface area contributed by atoms with E-state index in [4.69, 9.17) is 9.72 Å². The lowest BCUT2D eigenvalue weighted by atomic mass is 10.2. The first-order chi connectivity index (χ1) is 13.7. The quantitative estimate of drug-likeness (QED) is 0.509. The van der Waals surface area contributed by atoms with E-state index in [0.717, 1.165) is 48.9 Å². The van der Waals surface area contributed by atoms with Gasteiger partial charge in [-0.15, -0.1) is 0 Å².